The van der Waals surface area contributed by atoms with Gasteiger partial charge < -0.3 is 15.8 Å². The molecule has 1 amide bonds. The lowest BCUT2D eigenvalue weighted by Crippen LogP contribution is -2.31. The number of rotatable bonds is 6. The highest BCUT2D eigenvalue weighted by atomic mass is 16.5. The molecule has 1 atom stereocenters. The zero-order valence-electron chi connectivity index (χ0n) is 10.4. The first-order valence-corrected chi connectivity index (χ1v) is 5.78. The molecule has 0 saturated heterocycles. The van der Waals surface area contributed by atoms with Crippen LogP contribution < -0.4 is 11.1 Å². The second kappa shape index (κ2) is 7.04. The van der Waals surface area contributed by atoms with Crippen LogP contribution in [0.5, 0.6) is 0 Å². The van der Waals surface area contributed by atoms with Crippen molar-refractivity contribution >= 4 is 5.91 Å². The zero-order chi connectivity index (χ0) is 12.7. The summed E-state index contributed by atoms with van der Waals surface area (Å²) in [5.74, 6) is -0.116. The molecule has 1 rings (SSSR count). The van der Waals surface area contributed by atoms with E-state index < -0.39 is 0 Å². The minimum absolute atomic E-state index is 0.00910. The van der Waals surface area contributed by atoms with Gasteiger partial charge in [0.05, 0.1) is 12.6 Å². The van der Waals surface area contributed by atoms with Crippen LogP contribution >= 0.6 is 0 Å². The van der Waals surface area contributed by atoms with Crippen LogP contribution in [0.1, 0.15) is 24.1 Å². The first-order chi connectivity index (χ1) is 8.15. The summed E-state index contributed by atoms with van der Waals surface area (Å²) in [4.78, 5) is 11.5. The molecule has 17 heavy (non-hydrogen) atoms. The maximum absolute atomic E-state index is 11.5. The third-order valence-electron chi connectivity index (χ3n) is 2.53. The van der Waals surface area contributed by atoms with Crippen molar-refractivity contribution in [3.63, 3.8) is 0 Å². The highest BCUT2D eigenvalue weighted by Crippen LogP contribution is 2.16. The van der Waals surface area contributed by atoms with E-state index in [-0.39, 0.29) is 18.6 Å². The van der Waals surface area contributed by atoms with Crippen LogP contribution in [0, 0.1) is 6.92 Å². The molecule has 0 aliphatic heterocycles. The Balaban J connectivity index is 2.46. The SMILES string of the molecule is Cc1ccccc1[C@@H](C)NC(=O)COCCN. The smallest absolute Gasteiger partial charge is 0.246 e. The summed E-state index contributed by atoms with van der Waals surface area (Å²) in [5, 5.41) is 2.89. The maximum atomic E-state index is 11.5. The van der Waals surface area contributed by atoms with Crippen LogP contribution in [-0.4, -0.2) is 25.7 Å². The summed E-state index contributed by atoms with van der Waals surface area (Å²) in [5.41, 5.74) is 7.56. The van der Waals surface area contributed by atoms with Crippen LogP contribution in [-0.2, 0) is 9.53 Å². The third kappa shape index (κ3) is 4.54. The fraction of sp³-hybridized carbons (Fsp3) is 0.462. The van der Waals surface area contributed by atoms with Crippen LogP contribution in [0.4, 0.5) is 0 Å². The van der Waals surface area contributed by atoms with E-state index >= 15 is 0 Å². The molecule has 0 bridgehead atoms. The Morgan fingerprint density at radius 1 is 1.47 bits per heavy atom. The molecule has 0 aliphatic carbocycles. The molecule has 0 unspecified atom stereocenters. The first-order valence-electron chi connectivity index (χ1n) is 5.78. The minimum atomic E-state index is -0.116. The first kappa shape index (κ1) is 13.7. The number of hydrogen-bond acceptors (Lipinski definition) is 3. The van der Waals surface area contributed by atoms with E-state index in [0.717, 1.165) is 5.56 Å². The number of nitrogens with one attached hydrogen (secondary N) is 1. The molecule has 1 aromatic rings. The van der Waals surface area contributed by atoms with Crippen molar-refractivity contribution in [2.24, 2.45) is 5.73 Å². The average molecular weight is 236 g/mol. The van der Waals surface area contributed by atoms with Crippen molar-refractivity contribution in [3.05, 3.63) is 35.4 Å². The third-order valence-corrected chi connectivity index (χ3v) is 2.53. The number of benzene rings is 1. The Hall–Kier alpha value is -1.39. The number of nitrogens with two attached hydrogens (primary N) is 1. The van der Waals surface area contributed by atoms with Crippen LogP contribution in [0.25, 0.3) is 0 Å². The molecule has 0 spiro atoms. The van der Waals surface area contributed by atoms with Gasteiger partial charge in [-0.2, -0.15) is 0 Å². The predicted octanol–water partition coefficient (Wildman–Crippen LogP) is 1.15. The van der Waals surface area contributed by atoms with Gasteiger partial charge >= 0.3 is 0 Å². The van der Waals surface area contributed by atoms with Gasteiger partial charge in [0.15, 0.2) is 0 Å². The van der Waals surface area contributed by atoms with Crippen molar-refractivity contribution in [1.29, 1.82) is 0 Å². The zero-order valence-corrected chi connectivity index (χ0v) is 10.4. The van der Waals surface area contributed by atoms with Crippen LogP contribution in [0.2, 0.25) is 0 Å². The molecule has 1 aromatic carbocycles. The predicted molar refractivity (Wildman–Crippen MR) is 67.6 cm³/mol. The topological polar surface area (TPSA) is 64.3 Å². The Bertz CT molecular complexity index is 366. The van der Waals surface area contributed by atoms with Crippen molar-refractivity contribution in [2.75, 3.05) is 19.8 Å². The fourth-order valence-corrected chi connectivity index (χ4v) is 1.68. The van der Waals surface area contributed by atoms with Crippen molar-refractivity contribution in [1.82, 2.24) is 5.32 Å². The number of carbonyl (C=O) groups excluding carboxylic acids is 1. The number of hydrogen-bond donors (Lipinski definition) is 2. The van der Waals surface area contributed by atoms with E-state index in [9.17, 15) is 4.79 Å². The van der Waals surface area contributed by atoms with Gasteiger partial charge in [-0.15, -0.1) is 0 Å². The molecule has 4 nitrogen and oxygen atoms in total. The van der Waals surface area contributed by atoms with E-state index in [2.05, 4.69) is 5.32 Å². The molecular weight excluding hydrogens is 216 g/mol. The summed E-state index contributed by atoms with van der Waals surface area (Å²) in [6.45, 7) is 4.90. The van der Waals surface area contributed by atoms with Gasteiger partial charge in [0.1, 0.15) is 6.61 Å². The molecule has 0 saturated carbocycles. The van der Waals surface area contributed by atoms with E-state index in [1.807, 2.05) is 38.1 Å². The minimum Gasteiger partial charge on any atom is -0.370 e. The Labute approximate surface area is 102 Å². The van der Waals surface area contributed by atoms with Crippen LogP contribution in [0.3, 0.4) is 0 Å². The average Bonchev–Trinajstić information content (AvgIpc) is 2.29. The quantitative estimate of drug-likeness (QED) is 0.728. The van der Waals surface area contributed by atoms with Crippen LogP contribution in [0.15, 0.2) is 24.3 Å². The second-order valence-corrected chi connectivity index (χ2v) is 3.99. The van der Waals surface area contributed by atoms with Crippen molar-refractivity contribution in [3.8, 4) is 0 Å². The molecule has 4 heteroatoms. The molecule has 94 valence electrons. The lowest BCUT2D eigenvalue weighted by atomic mass is 10.0. The van der Waals surface area contributed by atoms with E-state index in [4.69, 9.17) is 10.5 Å². The molecule has 0 aliphatic rings. The summed E-state index contributed by atoms with van der Waals surface area (Å²) < 4.78 is 5.07. The normalized spacial score (nSPS) is 12.2. The molecular formula is C13H20N2O2. The largest absolute Gasteiger partial charge is 0.370 e. The summed E-state index contributed by atoms with van der Waals surface area (Å²) in [6, 6.07) is 7.99. The molecule has 0 radical (unpaired) electrons. The number of aryl methyl sites for hydroxylation is 1. The van der Waals surface area contributed by atoms with Gasteiger partial charge in [0.2, 0.25) is 5.91 Å². The second-order valence-electron chi connectivity index (χ2n) is 3.99. The Kier molecular flexibility index (Phi) is 5.66. The summed E-state index contributed by atoms with van der Waals surface area (Å²) in [6.07, 6.45) is 0. The van der Waals surface area contributed by atoms with Gasteiger partial charge in [-0.25, -0.2) is 0 Å². The molecule has 0 fully saturated rings. The molecule has 0 aromatic heterocycles. The lowest BCUT2D eigenvalue weighted by molar-refractivity contribution is -0.126. The van der Waals surface area contributed by atoms with E-state index in [1.54, 1.807) is 0 Å². The van der Waals surface area contributed by atoms with E-state index in [1.165, 1.54) is 5.56 Å². The molecule has 3 N–H and O–H groups in total. The fourth-order valence-electron chi connectivity index (χ4n) is 1.68. The monoisotopic (exact) mass is 236 g/mol. The summed E-state index contributed by atoms with van der Waals surface area (Å²) >= 11 is 0. The van der Waals surface area contributed by atoms with Crippen molar-refractivity contribution < 1.29 is 9.53 Å². The Morgan fingerprint density at radius 2 is 2.18 bits per heavy atom. The standard InChI is InChI=1S/C13H20N2O2/c1-10-5-3-4-6-12(10)11(2)15-13(16)9-17-8-7-14/h3-6,11H,7-9,14H2,1-2H3,(H,15,16)/t11-/m1/s1. The Morgan fingerprint density at radius 3 is 2.82 bits per heavy atom. The number of amides is 1. The number of carbonyl (C=O) groups is 1. The summed E-state index contributed by atoms with van der Waals surface area (Å²) in [7, 11) is 0. The van der Waals surface area contributed by atoms with Gasteiger partial charge in [0.25, 0.3) is 0 Å². The van der Waals surface area contributed by atoms with Gasteiger partial charge in [-0.3, -0.25) is 4.79 Å². The van der Waals surface area contributed by atoms with Gasteiger partial charge in [0, 0.05) is 6.54 Å². The lowest BCUT2D eigenvalue weighted by Gasteiger charge is -2.16. The van der Waals surface area contributed by atoms with E-state index in [0.29, 0.717) is 13.2 Å². The number of ether oxygens (including phenoxy) is 1. The highest BCUT2D eigenvalue weighted by Gasteiger charge is 2.10. The highest BCUT2D eigenvalue weighted by molar-refractivity contribution is 5.77. The van der Waals surface area contributed by atoms with Gasteiger partial charge in [-0.1, -0.05) is 24.3 Å². The maximum Gasteiger partial charge on any atom is 0.246 e. The van der Waals surface area contributed by atoms with Gasteiger partial charge in [-0.05, 0) is 25.0 Å². The van der Waals surface area contributed by atoms with Crippen molar-refractivity contribution in [2.45, 2.75) is 19.9 Å². The molecule has 0 heterocycles.